The third kappa shape index (κ3) is 4.11. The summed E-state index contributed by atoms with van der Waals surface area (Å²) in [6.07, 6.45) is 5.56. The van der Waals surface area contributed by atoms with Gasteiger partial charge in [0.25, 0.3) is 0 Å². The molecule has 0 aliphatic carbocycles. The van der Waals surface area contributed by atoms with Crippen molar-refractivity contribution < 1.29 is 13.5 Å². The van der Waals surface area contributed by atoms with Gasteiger partial charge >= 0.3 is 6.01 Å². The number of hydrogen-bond donors (Lipinski definition) is 2. The van der Waals surface area contributed by atoms with Crippen LogP contribution in [0, 0.1) is 19.7 Å². The molecule has 4 fully saturated rings. The lowest BCUT2D eigenvalue weighted by molar-refractivity contribution is 0.107. The maximum absolute atomic E-state index is 16.9. The Balaban J connectivity index is 1.28. The van der Waals surface area contributed by atoms with Crippen molar-refractivity contribution >= 4 is 39.2 Å². The van der Waals surface area contributed by atoms with Gasteiger partial charge in [0.1, 0.15) is 24.1 Å². The quantitative estimate of drug-likeness (QED) is 0.293. The maximum atomic E-state index is 16.9. The summed E-state index contributed by atoms with van der Waals surface area (Å²) >= 11 is 6.97. The van der Waals surface area contributed by atoms with E-state index in [1.165, 1.54) is 0 Å². The molecule has 4 aliphatic heterocycles. The first-order valence-corrected chi connectivity index (χ1v) is 15.5. The van der Waals surface area contributed by atoms with Crippen molar-refractivity contribution in [2.45, 2.75) is 69.7 Å². The normalized spacial score (nSPS) is 27.5. The van der Waals surface area contributed by atoms with Crippen LogP contribution in [0.3, 0.4) is 0 Å². The van der Waals surface area contributed by atoms with Crippen LogP contribution in [-0.2, 0) is 0 Å². The molecule has 2 unspecified atom stereocenters. The number of ether oxygens (including phenoxy) is 1. The standard InChI is InChI=1S/C32H35ClF2N6O/c1-17-10-25-22(6-8-36-25)26(18(17)2)27-24(33)11-23-29(28(27)35)38-31(39-30(23)40-14-20-4-5-21(15-40)37-20)42-16-32-7-3-9-41(32)13-19(34)12-32/h6,8,10-11,19-21,36-37H,3-5,7,9,12-16H2,1-2H3/t19-,20?,21?,32+/m1/s1. The molecule has 4 aromatic rings. The van der Waals surface area contributed by atoms with E-state index in [0.717, 1.165) is 72.9 Å². The zero-order valence-electron chi connectivity index (χ0n) is 23.9. The molecular formula is C32H35ClF2N6O. The zero-order chi connectivity index (χ0) is 28.7. The minimum atomic E-state index is -0.858. The summed E-state index contributed by atoms with van der Waals surface area (Å²) in [5, 5.41) is 5.48. The fraction of sp³-hybridized carbons (Fsp3) is 0.500. The molecule has 42 heavy (non-hydrogen) atoms. The third-order valence-corrected chi connectivity index (χ3v) is 10.5. The molecule has 10 heteroatoms. The van der Waals surface area contributed by atoms with Gasteiger partial charge in [-0.3, -0.25) is 4.90 Å². The van der Waals surface area contributed by atoms with Gasteiger partial charge < -0.3 is 19.9 Å². The molecular weight excluding hydrogens is 558 g/mol. The lowest BCUT2D eigenvalue weighted by Gasteiger charge is -2.34. The minimum Gasteiger partial charge on any atom is -0.461 e. The van der Waals surface area contributed by atoms with Crippen LogP contribution in [-0.4, -0.2) is 76.4 Å². The summed E-state index contributed by atoms with van der Waals surface area (Å²) in [6.45, 7) is 7.16. The topological polar surface area (TPSA) is 69.3 Å². The Labute approximate surface area is 248 Å². The first-order chi connectivity index (χ1) is 20.3. The van der Waals surface area contributed by atoms with Crippen LogP contribution in [0.15, 0.2) is 24.4 Å². The molecule has 4 aliphatic rings. The van der Waals surface area contributed by atoms with Gasteiger partial charge in [-0.1, -0.05) is 11.6 Å². The van der Waals surface area contributed by atoms with Crippen molar-refractivity contribution in [2.24, 2.45) is 0 Å². The predicted octanol–water partition coefficient (Wildman–Crippen LogP) is 6.08. The molecule has 2 aromatic heterocycles. The smallest absolute Gasteiger partial charge is 0.319 e. The second-order valence-electron chi connectivity index (χ2n) is 12.8. The summed E-state index contributed by atoms with van der Waals surface area (Å²) in [5.41, 5.74) is 3.88. The lowest BCUT2D eigenvalue weighted by atomic mass is 9.92. The summed E-state index contributed by atoms with van der Waals surface area (Å²) in [4.78, 5) is 17.3. The van der Waals surface area contributed by atoms with Gasteiger partial charge in [0.15, 0.2) is 5.82 Å². The summed E-state index contributed by atoms with van der Waals surface area (Å²) in [7, 11) is 0. The van der Waals surface area contributed by atoms with Gasteiger partial charge in [-0.25, -0.2) is 8.78 Å². The number of nitrogens with zero attached hydrogens (tertiary/aromatic N) is 4. The van der Waals surface area contributed by atoms with Crippen molar-refractivity contribution in [1.29, 1.82) is 0 Å². The monoisotopic (exact) mass is 592 g/mol. The number of halogens is 3. The second-order valence-corrected chi connectivity index (χ2v) is 13.2. The van der Waals surface area contributed by atoms with Crippen molar-refractivity contribution in [1.82, 2.24) is 25.2 Å². The molecule has 2 N–H and O–H groups in total. The number of hydrogen-bond acceptors (Lipinski definition) is 6. The van der Waals surface area contributed by atoms with E-state index in [-0.39, 0.29) is 23.7 Å². The molecule has 220 valence electrons. The Bertz CT molecular complexity index is 1710. The summed E-state index contributed by atoms with van der Waals surface area (Å²) in [6, 6.07) is 6.70. The van der Waals surface area contributed by atoms with Crippen LogP contribution in [0.2, 0.25) is 5.02 Å². The highest BCUT2D eigenvalue weighted by Crippen LogP contribution is 2.44. The number of rotatable bonds is 5. The van der Waals surface area contributed by atoms with Crippen molar-refractivity contribution in [2.75, 3.05) is 37.7 Å². The first-order valence-electron chi connectivity index (χ1n) is 15.1. The maximum Gasteiger partial charge on any atom is 0.319 e. The van der Waals surface area contributed by atoms with Crippen molar-refractivity contribution in [3.8, 4) is 17.1 Å². The van der Waals surface area contributed by atoms with Gasteiger partial charge in [-0.2, -0.15) is 9.97 Å². The van der Waals surface area contributed by atoms with Gasteiger partial charge in [-0.05, 0) is 81.0 Å². The molecule has 4 atom stereocenters. The molecule has 6 heterocycles. The zero-order valence-corrected chi connectivity index (χ0v) is 24.7. The van der Waals surface area contributed by atoms with E-state index in [0.29, 0.717) is 46.8 Å². The van der Waals surface area contributed by atoms with Gasteiger partial charge in [-0.15, -0.1) is 0 Å². The number of benzene rings is 2. The predicted molar refractivity (Wildman–Crippen MR) is 162 cm³/mol. The van der Waals surface area contributed by atoms with Crippen LogP contribution >= 0.6 is 11.6 Å². The van der Waals surface area contributed by atoms with Gasteiger partial charge in [0, 0.05) is 66.2 Å². The Morgan fingerprint density at radius 2 is 1.90 bits per heavy atom. The van der Waals surface area contributed by atoms with Crippen LogP contribution in [0.5, 0.6) is 6.01 Å². The van der Waals surface area contributed by atoms with Crippen molar-refractivity contribution in [3.05, 3.63) is 46.4 Å². The van der Waals surface area contributed by atoms with Gasteiger partial charge in [0.2, 0.25) is 0 Å². The Kier molecular flexibility index (Phi) is 6.18. The number of H-pyrrole nitrogens is 1. The highest BCUT2D eigenvalue weighted by atomic mass is 35.5. The van der Waals surface area contributed by atoms with E-state index in [1.807, 2.05) is 32.2 Å². The Hall–Kier alpha value is -3.01. The van der Waals surface area contributed by atoms with E-state index in [4.69, 9.17) is 26.3 Å². The molecule has 8 rings (SSSR count). The molecule has 0 spiro atoms. The number of aromatic amines is 1. The molecule has 0 amide bonds. The van der Waals surface area contributed by atoms with Gasteiger partial charge in [0.05, 0.1) is 10.6 Å². The fourth-order valence-electron chi connectivity index (χ4n) is 8.08. The number of aryl methyl sites for hydroxylation is 1. The van der Waals surface area contributed by atoms with Crippen molar-refractivity contribution in [3.63, 3.8) is 0 Å². The highest BCUT2D eigenvalue weighted by molar-refractivity contribution is 6.35. The lowest BCUT2D eigenvalue weighted by Crippen LogP contribution is -2.51. The second kappa shape index (κ2) is 9.76. The van der Waals surface area contributed by atoms with Crippen LogP contribution in [0.25, 0.3) is 32.9 Å². The number of piperazine rings is 1. The Morgan fingerprint density at radius 1 is 1.10 bits per heavy atom. The average molecular weight is 593 g/mol. The molecule has 4 saturated heterocycles. The van der Waals surface area contributed by atoms with Crippen LogP contribution in [0.1, 0.15) is 43.2 Å². The number of aromatic nitrogens is 3. The largest absolute Gasteiger partial charge is 0.461 e. The molecule has 0 radical (unpaired) electrons. The summed E-state index contributed by atoms with van der Waals surface area (Å²) < 4.78 is 37.7. The third-order valence-electron chi connectivity index (χ3n) is 10.2. The highest BCUT2D eigenvalue weighted by Gasteiger charge is 2.49. The average Bonchev–Trinajstić information content (AvgIpc) is 3.73. The molecule has 7 nitrogen and oxygen atoms in total. The van der Waals surface area contributed by atoms with E-state index in [1.54, 1.807) is 0 Å². The molecule has 0 saturated carbocycles. The molecule has 2 bridgehead atoms. The number of alkyl halides is 1. The number of anilines is 1. The van der Waals surface area contributed by atoms with E-state index in [9.17, 15) is 4.39 Å². The molecule has 2 aromatic carbocycles. The van der Waals surface area contributed by atoms with E-state index in [2.05, 4.69) is 26.2 Å². The first kappa shape index (κ1) is 26.6. The fourth-order valence-corrected chi connectivity index (χ4v) is 8.36. The Morgan fingerprint density at radius 3 is 2.71 bits per heavy atom. The van der Waals surface area contributed by atoms with Crippen LogP contribution < -0.4 is 15.0 Å². The van der Waals surface area contributed by atoms with E-state index >= 15 is 4.39 Å². The van der Waals surface area contributed by atoms with E-state index < -0.39 is 12.0 Å². The number of fused-ring (bicyclic) bond motifs is 5. The summed E-state index contributed by atoms with van der Waals surface area (Å²) in [5.74, 6) is 0.162. The minimum absolute atomic E-state index is 0.131. The van der Waals surface area contributed by atoms with Crippen LogP contribution in [0.4, 0.5) is 14.6 Å². The number of nitrogens with one attached hydrogen (secondary N) is 2. The SMILES string of the molecule is Cc1cc2[nH]ccc2c(-c2c(Cl)cc3c(N4CC5CCC(C4)N5)nc(OC[C@@]45CCCN4C[C@H](F)C5)nc3c2F)c1C.